The fraction of sp³-hybridized carbons (Fsp3) is 0.200. The van der Waals surface area contributed by atoms with Crippen LogP contribution in [-0.4, -0.2) is 25.3 Å². The molecule has 0 atom stereocenters. The molecule has 0 saturated heterocycles. The third-order valence-corrected chi connectivity index (χ3v) is 4.53. The lowest BCUT2D eigenvalue weighted by atomic mass is 10.3. The van der Waals surface area contributed by atoms with E-state index in [0.717, 1.165) is 6.42 Å². The molecule has 0 spiro atoms. The van der Waals surface area contributed by atoms with Gasteiger partial charge in [-0.3, -0.25) is 4.72 Å². The van der Waals surface area contributed by atoms with Gasteiger partial charge in [-0.2, -0.15) is 0 Å². The second-order valence-corrected chi connectivity index (χ2v) is 6.49. The van der Waals surface area contributed by atoms with Crippen molar-refractivity contribution < 1.29 is 17.8 Å². The van der Waals surface area contributed by atoms with Crippen molar-refractivity contribution in [2.75, 3.05) is 11.3 Å². The number of para-hydroxylation sites is 2. The van der Waals surface area contributed by atoms with Crippen molar-refractivity contribution in [3.05, 3.63) is 42.5 Å². The summed E-state index contributed by atoms with van der Waals surface area (Å²) in [5.41, 5.74) is 0.935. The number of anilines is 1. The van der Waals surface area contributed by atoms with E-state index in [0.29, 0.717) is 23.6 Å². The summed E-state index contributed by atoms with van der Waals surface area (Å²) >= 11 is 0. The highest BCUT2D eigenvalue weighted by Crippen LogP contribution is 2.28. The van der Waals surface area contributed by atoms with Crippen molar-refractivity contribution in [1.29, 1.82) is 0 Å². The summed E-state index contributed by atoms with van der Waals surface area (Å²) in [6.07, 6.45) is 0.824. The highest BCUT2D eigenvalue weighted by molar-refractivity contribution is 7.93. The number of sulfonamides is 1. The Morgan fingerprint density at radius 1 is 1.13 bits per heavy atom. The summed E-state index contributed by atoms with van der Waals surface area (Å²) in [6, 6.07) is 11.5. The lowest BCUT2D eigenvalue weighted by molar-refractivity contribution is 0.315. The Morgan fingerprint density at radius 3 is 2.78 bits per heavy atom. The summed E-state index contributed by atoms with van der Waals surface area (Å²) in [5, 5.41) is 7.32. The number of nitrogens with zero attached hydrogens (tertiary/aromatic N) is 2. The van der Waals surface area contributed by atoms with Crippen LogP contribution in [0.15, 0.2) is 52.0 Å². The maximum absolute atomic E-state index is 12.7. The number of nitrogens with one attached hydrogen (secondary N) is 1. The largest absolute Gasteiger partial charge is 0.491 e. The van der Waals surface area contributed by atoms with Gasteiger partial charge in [-0.15, -0.1) is 0 Å². The summed E-state index contributed by atoms with van der Waals surface area (Å²) in [4.78, 5) is 0.00143. The molecule has 1 aromatic heterocycles. The Kier molecular flexibility index (Phi) is 4.16. The fourth-order valence-corrected chi connectivity index (χ4v) is 3.31. The lowest BCUT2D eigenvalue weighted by Gasteiger charge is -2.13. The zero-order valence-electron chi connectivity index (χ0n) is 12.4. The number of hydrogen-bond donors (Lipinski definition) is 1. The van der Waals surface area contributed by atoms with Crippen molar-refractivity contribution in [2.24, 2.45) is 0 Å². The molecule has 120 valence electrons. The topological polar surface area (TPSA) is 94.3 Å². The summed E-state index contributed by atoms with van der Waals surface area (Å²) in [5.74, 6) is 0.475. The van der Waals surface area contributed by atoms with Gasteiger partial charge in [-0.25, -0.2) is 13.0 Å². The van der Waals surface area contributed by atoms with Gasteiger partial charge in [-0.05, 0) is 41.0 Å². The molecule has 23 heavy (non-hydrogen) atoms. The predicted molar refractivity (Wildman–Crippen MR) is 84.8 cm³/mol. The molecular weight excluding hydrogens is 318 g/mol. The number of rotatable bonds is 6. The summed E-state index contributed by atoms with van der Waals surface area (Å²) in [6.45, 7) is 2.48. The predicted octanol–water partition coefficient (Wildman–Crippen LogP) is 2.81. The molecule has 0 bridgehead atoms. The monoisotopic (exact) mass is 333 g/mol. The number of hydrogen-bond acceptors (Lipinski definition) is 6. The smallest absolute Gasteiger partial charge is 0.264 e. The molecule has 3 rings (SSSR count). The molecular formula is C15H15N3O4S. The third-order valence-electron chi connectivity index (χ3n) is 3.13. The average molecular weight is 333 g/mol. The Labute approximate surface area is 133 Å². The Balaban J connectivity index is 1.97. The van der Waals surface area contributed by atoms with E-state index in [1.807, 2.05) is 6.92 Å². The van der Waals surface area contributed by atoms with Crippen LogP contribution in [0.4, 0.5) is 5.69 Å². The van der Waals surface area contributed by atoms with Crippen LogP contribution in [0.25, 0.3) is 11.0 Å². The van der Waals surface area contributed by atoms with Crippen LogP contribution in [0.5, 0.6) is 5.75 Å². The molecule has 1 N–H and O–H groups in total. The molecule has 0 aliphatic rings. The number of aromatic nitrogens is 2. The lowest BCUT2D eigenvalue weighted by Crippen LogP contribution is -2.14. The van der Waals surface area contributed by atoms with Gasteiger partial charge in [0.1, 0.15) is 16.2 Å². The van der Waals surface area contributed by atoms with Crippen LogP contribution in [0, 0.1) is 0 Å². The molecule has 0 aliphatic heterocycles. The van der Waals surface area contributed by atoms with E-state index in [2.05, 4.69) is 19.7 Å². The minimum Gasteiger partial charge on any atom is -0.491 e. The van der Waals surface area contributed by atoms with Crippen LogP contribution in [0.2, 0.25) is 0 Å². The zero-order valence-corrected chi connectivity index (χ0v) is 13.2. The Bertz CT molecular complexity index is 921. The van der Waals surface area contributed by atoms with E-state index in [9.17, 15) is 8.42 Å². The first-order valence-corrected chi connectivity index (χ1v) is 8.56. The van der Waals surface area contributed by atoms with Gasteiger partial charge >= 0.3 is 0 Å². The van der Waals surface area contributed by atoms with Gasteiger partial charge in [0.2, 0.25) is 0 Å². The van der Waals surface area contributed by atoms with Gasteiger partial charge < -0.3 is 4.74 Å². The standard InChI is InChI=1S/C15H15N3O4S/c1-2-10-21-13-8-4-3-6-11(13)18-23(19,20)14-9-5-7-12-15(14)17-22-16-12/h3-9,18H,2,10H2,1H3. The second kappa shape index (κ2) is 6.25. The quantitative estimate of drug-likeness (QED) is 0.745. The van der Waals surface area contributed by atoms with Crippen molar-refractivity contribution in [1.82, 2.24) is 10.3 Å². The van der Waals surface area contributed by atoms with Gasteiger partial charge in [-0.1, -0.05) is 25.1 Å². The van der Waals surface area contributed by atoms with Crippen LogP contribution < -0.4 is 9.46 Å². The molecule has 0 amide bonds. The first kappa shape index (κ1) is 15.3. The molecule has 0 unspecified atom stereocenters. The molecule has 2 aromatic carbocycles. The zero-order chi connectivity index (χ0) is 16.3. The van der Waals surface area contributed by atoms with E-state index < -0.39 is 10.0 Å². The number of benzene rings is 2. The molecule has 8 heteroatoms. The minimum absolute atomic E-state index is 0.00143. The fourth-order valence-electron chi connectivity index (χ4n) is 2.09. The second-order valence-electron chi connectivity index (χ2n) is 4.84. The van der Waals surface area contributed by atoms with Crippen LogP contribution >= 0.6 is 0 Å². The maximum atomic E-state index is 12.7. The van der Waals surface area contributed by atoms with E-state index in [1.165, 1.54) is 6.07 Å². The summed E-state index contributed by atoms with van der Waals surface area (Å²) in [7, 11) is -3.85. The third kappa shape index (κ3) is 3.11. The SMILES string of the molecule is CCCOc1ccccc1NS(=O)(=O)c1cccc2nonc12. The highest BCUT2D eigenvalue weighted by atomic mass is 32.2. The maximum Gasteiger partial charge on any atom is 0.264 e. The average Bonchev–Trinajstić information content (AvgIpc) is 3.02. The first-order chi connectivity index (χ1) is 11.1. The Morgan fingerprint density at radius 2 is 1.96 bits per heavy atom. The van der Waals surface area contributed by atoms with E-state index in [-0.39, 0.29) is 10.4 Å². The van der Waals surface area contributed by atoms with Gasteiger partial charge in [0, 0.05) is 0 Å². The van der Waals surface area contributed by atoms with Crippen LogP contribution in [0.3, 0.4) is 0 Å². The van der Waals surface area contributed by atoms with Crippen LogP contribution in [-0.2, 0) is 10.0 Å². The van der Waals surface area contributed by atoms with E-state index in [1.54, 1.807) is 36.4 Å². The molecule has 0 aliphatic carbocycles. The minimum atomic E-state index is -3.85. The first-order valence-electron chi connectivity index (χ1n) is 7.08. The molecule has 0 saturated carbocycles. The molecule has 3 aromatic rings. The van der Waals surface area contributed by atoms with Gasteiger partial charge in [0.25, 0.3) is 10.0 Å². The molecule has 0 radical (unpaired) electrons. The normalized spacial score (nSPS) is 11.5. The number of ether oxygens (including phenoxy) is 1. The van der Waals surface area contributed by atoms with E-state index >= 15 is 0 Å². The number of fused-ring (bicyclic) bond motifs is 1. The Hall–Kier alpha value is -2.61. The van der Waals surface area contributed by atoms with Crippen molar-refractivity contribution >= 4 is 26.7 Å². The molecule has 0 fully saturated rings. The van der Waals surface area contributed by atoms with E-state index in [4.69, 9.17) is 4.74 Å². The summed E-state index contributed by atoms with van der Waals surface area (Å²) < 4.78 is 38.0. The van der Waals surface area contributed by atoms with Gasteiger partial charge in [0.15, 0.2) is 5.52 Å². The van der Waals surface area contributed by atoms with Crippen molar-refractivity contribution in [2.45, 2.75) is 18.2 Å². The van der Waals surface area contributed by atoms with Crippen molar-refractivity contribution in [3.8, 4) is 5.75 Å². The molecule has 7 nitrogen and oxygen atoms in total. The van der Waals surface area contributed by atoms with Crippen LogP contribution in [0.1, 0.15) is 13.3 Å². The van der Waals surface area contributed by atoms with Gasteiger partial charge in [0.05, 0.1) is 12.3 Å². The highest BCUT2D eigenvalue weighted by Gasteiger charge is 2.21. The molecule has 1 heterocycles. The van der Waals surface area contributed by atoms with Crippen molar-refractivity contribution in [3.63, 3.8) is 0 Å².